The summed E-state index contributed by atoms with van der Waals surface area (Å²) in [6, 6.07) is 11.4. The van der Waals surface area contributed by atoms with Crippen molar-refractivity contribution in [2.45, 2.75) is 23.7 Å². The lowest BCUT2D eigenvalue weighted by atomic mass is 9.95. The second-order valence-corrected chi connectivity index (χ2v) is 7.14. The number of carbonyl (C=O) groups is 1. The average molecular weight is 347 g/mol. The Morgan fingerprint density at radius 2 is 2.17 bits per heavy atom. The van der Waals surface area contributed by atoms with Gasteiger partial charge in [-0.05, 0) is 19.4 Å². The fourth-order valence-electron chi connectivity index (χ4n) is 1.98. The summed E-state index contributed by atoms with van der Waals surface area (Å²) < 4.78 is 6.41. The highest BCUT2D eigenvalue weighted by Crippen LogP contribution is 2.33. The molecule has 1 aromatic carbocycles. The Kier molecular flexibility index (Phi) is 5.77. The molecule has 2 aromatic rings. The van der Waals surface area contributed by atoms with Crippen molar-refractivity contribution in [3.05, 3.63) is 41.6 Å². The Bertz CT molecular complexity index is 725. The van der Waals surface area contributed by atoms with Crippen molar-refractivity contribution in [3.63, 3.8) is 0 Å². The first-order chi connectivity index (χ1) is 11.0. The van der Waals surface area contributed by atoms with Crippen LogP contribution >= 0.6 is 23.1 Å². The van der Waals surface area contributed by atoms with Crippen LogP contribution in [0.4, 0.5) is 5.13 Å². The van der Waals surface area contributed by atoms with E-state index in [0.717, 1.165) is 15.5 Å². The van der Waals surface area contributed by atoms with Crippen LogP contribution < -0.4 is 5.32 Å². The maximum Gasteiger partial charge on any atom is 0.262 e. The fourth-order valence-corrected chi connectivity index (χ4v) is 3.78. The zero-order valence-electron chi connectivity index (χ0n) is 13.1. The van der Waals surface area contributed by atoms with Gasteiger partial charge in [-0.25, -0.2) is 4.98 Å². The summed E-state index contributed by atoms with van der Waals surface area (Å²) in [5.74, 6) is 0.0766. The van der Waals surface area contributed by atoms with Gasteiger partial charge in [0, 0.05) is 7.11 Å². The summed E-state index contributed by atoms with van der Waals surface area (Å²) in [5, 5.41) is 12.0. The summed E-state index contributed by atoms with van der Waals surface area (Å²) in [6.45, 7) is 3.59. The van der Waals surface area contributed by atoms with Crippen LogP contribution in [0.3, 0.4) is 0 Å². The van der Waals surface area contributed by atoms with E-state index in [2.05, 4.69) is 16.4 Å². The SMILES string of the molecule is COC(C)(C(=O)Nc1nc(C)c(SCC#N)s1)c1ccccc1. The number of nitrogens with zero attached hydrogens (tertiary/aromatic N) is 2. The number of aryl methyl sites for hydroxylation is 1. The third kappa shape index (κ3) is 3.91. The summed E-state index contributed by atoms with van der Waals surface area (Å²) in [5.41, 5.74) is 0.484. The van der Waals surface area contributed by atoms with Crippen LogP contribution in [0.1, 0.15) is 18.2 Å². The van der Waals surface area contributed by atoms with Crippen molar-refractivity contribution in [2.75, 3.05) is 18.2 Å². The molecule has 0 saturated carbocycles. The minimum absolute atomic E-state index is 0.281. The standard InChI is InChI=1S/C16H17N3O2S2/c1-11-13(22-10-9-17)23-15(18-11)19-14(20)16(2,21-3)12-7-5-4-6-8-12/h4-8H,10H2,1-3H3,(H,18,19,20). The van der Waals surface area contributed by atoms with E-state index in [9.17, 15) is 4.79 Å². The van der Waals surface area contributed by atoms with E-state index in [1.165, 1.54) is 30.2 Å². The fraction of sp³-hybridized carbons (Fsp3) is 0.312. The first-order valence-corrected chi connectivity index (χ1v) is 8.70. The molecular weight excluding hydrogens is 330 g/mol. The molecule has 1 amide bonds. The number of benzene rings is 1. The Morgan fingerprint density at radius 3 is 2.78 bits per heavy atom. The average Bonchev–Trinajstić information content (AvgIpc) is 2.92. The first kappa shape index (κ1) is 17.5. The molecule has 23 heavy (non-hydrogen) atoms. The van der Waals surface area contributed by atoms with Crippen LogP contribution in [-0.2, 0) is 15.1 Å². The molecule has 0 fully saturated rings. The Balaban J connectivity index is 2.19. The molecule has 0 radical (unpaired) electrons. The first-order valence-electron chi connectivity index (χ1n) is 6.90. The quantitative estimate of drug-likeness (QED) is 0.809. The number of aromatic nitrogens is 1. The van der Waals surface area contributed by atoms with Crippen molar-refractivity contribution >= 4 is 34.1 Å². The number of ether oxygens (including phenoxy) is 1. The van der Waals surface area contributed by atoms with Gasteiger partial charge in [0.15, 0.2) is 10.7 Å². The molecule has 1 unspecified atom stereocenters. The molecule has 120 valence electrons. The van der Waals surface area contributed by atoms with Gasteiger partial charge in [-0.15, -0.1) is 0 Å². The number of amides is 1. The number of anilines is 1. The minimum Gasteiger partial charge on any atom is -0.364 e. The minimum atomic E-state index is -1.10. The van der Waals surface area contributed by atoms with Crippen LogP contribution in [0.2, 0.25) is 0 Å². The van der Waals surface area contributed by atoms with Crippen LogP contribution in [0.5, 0.6) is 0 Å². The molecule has 2 rings (SSSR count). The van der Waals surface area contributed by atoms with Gasteiger partial charge in [0.2, 0.25) is 0 Å². The molecule has 5 nitrogen and oxygen atoms in total. The van der Waals surface area contributed by atoms with E-state index in [-0.39, 0.29) is 5.91 Å². The van der Waals surface area contributed by atoms with Gasteiger partial charge < -0.3 is 4.74 Å². The number of hydrogen-bond donors (Lipinski definition) is 1. The lowest BCUT2D eigenvalue weighted by Gasteiger charge is -2.26. The molecule has 1 atom stereocenters. The van der Waals surface area contributed by atoms with E-state index >= 15 is 0 Å². The molecule has 0 aliphatic carbocycles. The summed E-state index contributed by atoms with van der Waals surface area (Å²) in [6.07, 6.45) is 0. The van der Waals surface area contributed by atoms with Gasteiger partial charge in [0.1, 0.15) is 0 Å². The normalized spacial score (nSPS) is 13.1. The summed E-state index contributed by atoms with van der Waals surface area (Å²) in [4.78, 5) is 17.0. The third-order valence-corrected chi connectivity index (χ3v) is 5.71. The van der Waals surface area contributed by atoms with E-state index < -0.39 is 5.60 Å². The highest BCUT2D eigenvalue weighted by atomic mass is 32.2. The molecule has 0 spiro atoms. The molecule has 0 saturated heterocycles. The number of nitriles is 1. The van der Waals surface area contributed by atoms with Crippen LogP contribution in [0.15, 0.2) is 34.5 Å². The van der Waals surface area contributed by atoms with E-state index in [1.807, 2.05) is 37.3 Å². The lowest BCUT2D eigenvalue weighted by molar-refractivity contribution is -0.136. The van der Waals surface area contributed by atoms with Gasteiger partial charge in [-0.1, -0.05) is 53.4 Å². The predicted octanol–water partition coefficient (Wildman–Crippen LogP) is 3.57. The van der Waals surface area contributed by atoms with Crippen LogP contribution in [-0.4, -0.2) is 23.8 Å². The van der Waals surface area contributed by atoms with Crippen molar-refractivity contribution < 1.29 is 9.53 Å². The van der Waals surface area contributed by atoms with E-state index in [4.69, 9.17) is 10.00 Å². The van der Waals surface area contributed by atoms with Gasteiger partial charge in [0.05, 0.1) is 21.7 Å². The van der Waals surface area contributed by atoms with Gasteiger partial charge >= 0.3 is 0 Å². The van der Waals surface area contributed by atoms with Crippen LogP contribution in [0.25, 0.3) is 0 Å². The Hall–Kier alpha value is -1.88. The number of hydrogen-bond acceptors (Lipinski definition) is 6. The smallest absolute Gasteiger partial charge is 0.262 e. The summed E-state index contributed by atoms with van der Waals surface area (Å²) >= 11 is 2.78. The summed E-state index contributed by atoms with van der Waals surface area (Å²) in [7, 11) is 1.51. The third-order valence-electron chi connectivity index (χ3n) is 3.41. The highest BCUT2D eigenvalue weighted by molar-refractivity contribution is 8.01. The van der Waals surface area contributed by atoms with Crippen LogP contribution in [0, 0.1) is 18.3 Å². The van der Waals surface area contributed by atoms with Crippen molar-refractivity contribution in [1.82, 2.24) is 4.98 Å². The van der Waals surface area contributed by atoms with Gasteiger partial charge in [0.25, 0.3) is 5.91 Å². The lowest BCUT2D eigenvalue weighted by Crippen LogP contribution is -2.39. The molecule has 1 N–H and O–H groups in total. The van der Waals surface area contributed by atoms with E-state index in [1.54, 1.807) is 6.92 Å². The number of rotatable bonds is 6. The van der Waals surface area contributed by atoms with Gasteiger partial charge in [-0.3, -0.25) is 10.1 Å². The number of thioether (sulfide) groups is 1. The zero-order valence-corrected chi connectivity index (χ0v) is 14.8. The molecule has 0 bridgehead atoms. The van der Waals surface area contributed by atoms with Gasteiger partial charge in [-0.2, -0.15) is 5.26 Å². The van der Waals surface area contributed by atoms with E-state index in [0.29, 0.717) is 10.9 Å². The Labute approximate surface area is 143 Å². The number of nitrogens with one attached hydrogen (secondary N) is 1. The maximum atomic E-state index is 12.7. The monoisotopic (exact) mass is 347 g/mol. The maximum absolute atomic E-state index is 12.7. The number of carbonyl (C=O) groups excluding carboxylic acids is 1. The number of methoxy groups -OCH3 is 1. The van der Waals surface area contributed by atoms with Crippen molar-refractivity contribution in [3.8, 4) is 6.07 Å². The molecule has 0 aliphatic heterocycles. The molecule has 7 heteroatoms. The van der Waals surface area contributed by atoms with Crippen molar-refractivity contribution in [2.24, 2.45) is 0 Å². The second kappa shape index (κ2) is 7.59. The second-order valence-electron chi connectivity index (χ2n) is 4.90. The number of thiazole rings is 1. The molecule has 0 aliphatic rings. The molecule has 1 aromatic heterocycles. The molecular formula is C16H17N3O2S2. The van der Waals surface area contributed by atoms with Crippen molar-refractivity contribution in [1.29, 1.82) is 5.26 Å². The highest BCUT2D eigenvalue weighted by Gasteiger charge is 2.35. The molecule has 1 heterocycles. The predicted molar refractivity (Wildman–Crippen MR) is 92.6 cm³/mol. The largest absolute Gasteiger partial charge is 0.364 e. The Morgan fingerprint density at radius 1 is 1.48 bits per heavy atom. The zero-order chi connectivity index (χ0) is 16.9. The topological polar surface area (TPSA) is 75.0 Å².